The molecule has 4 aliphatic rings. The van der Waals surface area contributed by atoms with E-state index in [4.69, 9.17) is 4.74 Å². The SMILES string of the molecule is C=COc1ccc(C23CC4CC(C)(CC(C)(C4)C2)C3)cc1. The molecule has 2 atom stereocenters. The average Bonchev–Trinajstić information content (AvgIpc) is 2.35. The fourth-order valence-electron chi connectivity index (χ4n) is 6.75. The van der Waals surface area contributed by atoms with Crippen molar-refractivity contribution >= 4 is 0 Å². The van der Waals surface area contributed by atoms with Crippen molar-refractivity contribution in [3.63, 3.8) is 0 Å². The largest absolute Gasteiger partial charge is 0.466 e. The van der Waals surface area contributed by atoms with E-state index in [0.717, 1.165) is 11.7 Å². The molecule has 0 aromatic heterocycles. The average molecular weight is 282 g/mol. The maximum absolute atomic E-state index is 5.38. The third-order valence-corrected chi connectivity index (χ3v) is 6.31. The first-order chi connectivity index (χ1) is 9.94. The van der Waals surface area contributed by atoms with Crippen LogP contribution in [-0.4, -0.2) is 0 Å². The first-order valence-corrected chi connectivity index (χ1v) is 8.33. The monoisotopic (exact) mass is 282 g/mol. The minimum absolute atomic E-state index is 0.426. The van der Waals surface area contributed by atoms with Crippen molar-refractivity contribution in [2.24, 2.45) is 16.7 Å². The summed E-state index contributed by atoms with van der Waals surface area (Å²) >= 11 is 0. The third kappa shape index (κ3) is 2.05. The van der Waals surface area contributed by atoms with Crippen LogP contribution in [-0.2, 0) is 5.41 Å². The lowest BCUT2D eigenvalue weighted by atomic mass is 9.39. The second-order valence-electron chi connectivity index (χ2n) is 8.72. The predicted octanol–water partition coefficient (Wildman–Crippen LogP) is 5.46. The number of ether oxygens (including phenoxy) is 1. The minimum atomic E-state index is 0.426. The molecule has 4 saturated carbocycles. The zero-order chi connectivity index (χ0) is 14.7. The Hall–Kier alpha value is -1.24. The molecule has 5 rings (SSSR count). The lowest BCUT2D eigenvalue weighted by molar-refractivity contribution is -0.110. The summed E-state index contributed by atoms with van der Waals surface area (Å²) in [4.78, 5) is 0. The van der Waals surface area contributed by atoms with Crippen LogP contribution < -0.4 is 4.74 Å². The van der Waals surface area contributed by atoms with Crippen molar-refractivity contribution in [3.05, 3.63) is 42.7 Å². The normalized spacial score (nSPS) is 43.8. The standard InChI is InChI=1S/C20H26O/c1-4-21-17-7-5-16(6-8-17)20-11-15-9-18(2,13-20)12-19(3,10-15)14-20/h4-8,15H,1,9-14H2,2-3H3. The molecule has 0 N–H and O–H groups in total. The molecule has 2 unspecified atom stereocenters. The van der Waals surface area contributed by atoms with Gasteiger partial charge in [-0.05, 0) is 78.4 Å². The molecule has 4 bridgehead atoms. The number of rotatable bonds is 3. The van der Waals surface area contributed by atoms with Crippen LogP contribution in [0.1, 0.15) is 57.9 Å². The molecule has 0 radical (unpaired) electrons. The molecule has 0 saturated heterocycles. The highest BCUT2D eigenvalue weighted by molar-refractivity contribution is 5.36. The van der Waals surface area contributed by atoms with Gasteiger partial charge in [-0.25, -0.2) is 0 Å². The van der Waals surface area contributed by atoms with E-state index in [2.05, 4.69) is 44.7 Å². The summed E-state index contributed by atoms with van der Waals surface area (Å²) in [6, 6.07) is 8.83. The summed E-state index contributed by atoms with van der Waals surface area (Å²) in [6.45, 7) is 8.71. The molecule has 1 aromatic rings. The molecule has 4 aliphatic carbocycles. The van der Waals surface area contributed by atoms with Crippen LogP contribution in [0.2, 0.25) is 0 Å². The van der Waals surface area contributed by atoms with Gasteiger partial charge in [-0.15, -0.1) is 0 Å². The van der Waals surface area contributed by atoms with E-state index in [1.807, 2.05) is 0 Å². The van der Waals surface area contributed by atoms with E-state index < -0.39 is 0 Å². The van der Waals surface area contributed by atoms with Crippen LogP contribution in [0.3, 0.4) is 0 Å². The van der Waals surface area contributed by atoms with Gasteiger partial charge in [-0.2, -0.15) is 0 Å². The minimum Gasteiger partial charge on any atom is -0.466 e. The molecule has 0 aliphatic heterocycles. The Morgan fingerprint density at radius 3 is 2.14 bits per heavy atom. The summed E-state index contributed by atoms with van der Waals surface area (Å²) < 4.78 is 5.38. The van der Waals surface area contributed by atoms with Gasteiger partial charge >= 0.3 is 0 Å². The molecule has 21 heavy (non-hydrogen) atoms. The molecular weight excluding hydrogens is 256 g/mol. The molecule has 112 valence electrons. The highest BCUT2D eigenvalue weighted by atomic mass is 16.5. The van der Waals surface area contributed by atoms with Crippen LogP contribution in [0, 0.1) is 16.7 Å². The first-order valence-electron chi connectivity index (χ1n) is 8.33. The smallest absolute Gasteiger partial charge is 0.126 e. The lowest BCUT2D eigenvalue weighted by Gasteiger charge is -2.65. The Bertz CT molecular complexity index is 552. The summed E-state index contributed by atoms with van der Waals surface area (Å²) in [5.74, 6) is 1.84. The van der Waals surface area contributed by atoms with Crippen molar-refractivity contribution in [3.8, 4) is 5.75 Å². The Morgan fingerprint density at radius 2 is 1.62 bits per heavy atom. The van der Waals surface area contributed by atoms with Gasteiger partial charge in [0.15, 0.2) is 0 Å². The molecule has 0 spiro atoms. The van der Waals surface area contributed by atoms with Crippen LogP contribution in [0.5, 0.6) is 5.75 Å². The van der Waals surface area contributed by atoms with Crippen molar-refractivity contribution in [1.29, 1.82) is 0 Å². The Kier molecular flexibility index (Phi) is 2.65. The Labute approximate surface area is 128 Å². The maximum atomic E-state index is 5.38. The van der Waals surface area contributed by atoms with Crippen LogP contribution >= 0.6 is 0 Å². The Morgan fingerprint density at radius 1 is 1.00 bits per heavy atom. The van der Waals surface area contributed by atoms with E-state index in [1.165, 1.54) is 44.8 Å². The second kappa shape index (κ2) is 4.15. The van der Waals surface area contributed by atoms with Crippen molar-refractivity contribution in [1.82, 2.24) is 0 Å². The molecule has 4 fully saturated rings. The quantitative estimate of drug-likeness (QED) is 0.669. The van der Waals surface area contributed by atoms with Crippen LogP contribution in [0.4, 0.5) is 0 Å². The van der Waals surface area contributed by atoms with E-state index in [-0.39, 0.29) is 0 Å². The first kappa shape index (κ1) is 13.4. The van der Waals surface area contributed by atoms with Gasteiger partial charge in [0.05, 0.1) is 6.26 Å². The topological polar surface area (TPSA) is 9.23 Å². The van der Waals surface area contributed by atoms with Gasteiger partial charge in [0, 0.05) is 0 Å². The van der Waals surface area contributed by atoms with Crippen LogP contribution in [0.25, 0.3) is 0 Å². The van der Waals surface area contributed by atoms with Crippen molar-refractivity contribution < 1.29 is 4.74 Å². The van der Waals surface area contributed by atoms with Gasteiger partial charge in [0.25, 0.3) is 0 Å². The lowest BCUT2D eigenvalue weighted by Crippen LogP contribution is -2.56. The molecular formula is C20H26O. The van der Waals surface area contributed by atoms with Gasteiger partial charge in [-0.1, -0.05) is 32.6 Å². The molecule has 1 aromatic carbocycles. The molecule has 1 nitrogen and oxygen atoms in total. The number of benzene rings is 1. The van der Waals surface area contributed by atoms with Crippen molar-refractivity contribution in [2.75, 3.05) is 0 Å². The highest BCUT2D eigenvalue weighted by Gasteiger charge is 2.60. The summed E-state index contributed by atoms with van der Waals surface area (Å²) in [5, 5.41) is 0. The van der Waals surface area contributed by atoms with Crippen LogP contribution in [0.15, 0.2) is 37.1 Å². The molecule has 1 heteroatoms. The van der Waals surface area contributed by atoms with Gasteiger partial charge in [-0.3, -0.25) is 0 Å². The number of hydrogen-bond acceptors (Lipinski definition) is 1. The summed E-state index contributed by atoms with van der Waals surface area (Å²) in [5.41, 5.74) is 3.12. The van der Waals surface area contributed by atoms with E-state index >= 15 is 0 Å². The zero-order valence-electron chi connectivity index (χ0n) is 13.3. The van der Waals surface area contributed by atoms with Crippen molar-refractivity contribution in [2.45, 2.75) is 57.8 Å². The van der Waals surface area contributed by atoms with Gasteiger partial charge in [0.2, 0.25) is 0 Å². The second-order valence-corrected chi connectivity index (χ2v) is 8.72. The summed E-state index contributed by atoms with van der Waals surface area (Å²) in [6.07, 6.45) is 10.0. The summed E-state index contributed by atoms with van der Waals surface area (Å²) in [7, 11) is 0. The van der Waals surface area contributed by atoms with Gasteiger partial charge < -0.3 is 4.74 Å². The van der Waals surface area contributed by atoms with E-state index in [9.17, 15) is 0 Å². The third-order valence-electron chi connectivity index (χ3n) is 6.31. The zero-order valence-corrected chi connectivity index (χ0v) is 13.3. The highest BCUT2D eigenvalue weighted by Crippen LogP contribution is 2.69. The Balaban J connectivity index is 1.72. The van der Waals surface area contributed by atoms with E-state index in [0.29, 0.717) is 16.2 Å². The fraction of sp³-hybridized carbons (Fsp3) is 0.600. The molecule has 0 amide bonds. The van der Waals surface area contributed by atoms with Gasteiger partial charge in [0.1, 0.15) is 5.75 Å². The maximum Gasteiger partial charge on any atom is 0.126 e. The number of hydrogen-bond donors (Lipinski definition) is 0. The molecule has 0 heterocycles. The van der Waals surface area contributed by atoms with E-state index in [1.54, 1.807) is 5.56 Å². The predicted molar refractivity (Wildman–Crippen MR) is 86.4 cm³/mol. The fourth-order valence-corrected chi connectivity index (χ4v) is 6.75.